The van der Waals surface area contributed by atoms with Gasteiger partial charge in [0.1, 0.15) is 0 Å². The number of hydrogen-bond acceptors (Lipinski definition) is 4. The highest BCUT2D eigenvalue weighted by Gasteiger charge is 2.35. The number of nitrogens with zero attached hydrogens (tertiary/aromatic N) is 2. The summed E-state index contributed by atoms with van der Waals surface area (Å²) in [6, 6.07) is 7.38. The molecule has 2 saturated heterocycles. The summed E-state index contributed by atoms with van der Waals surface area (Å²) in [4.78, 5) is 2.84. The molecule has 0 saturated carbocycles. The third kappa shape index (κ3) is 2.93. The van der Waals surface area contributed by atoms with E-state index in [1.807, 2.05) is 7.05 Å². The largest absolute Gasteiger partial charge is 0.388 e. The molecule has 2 heterocycles. The average molecular weight is 309 g/mol. The first-order valence-electron chi connectivity index (χ1n) is 7.63. The molecular formula is C15H23N3O2S. The lowest BCUT2D eigenvalue weighted by atomic mass is 10.2. The molecule has 116 valence electrons. The second kappa shape index (κ2) is 5.94. The minimum atomic E-state index is -3.35. The van der Waals surface area contributed by atoms with Crippen molar-refractivity contribution in [2.45, 2.75) is 30.2 Å². The minimum absolute atomic E-state index is 0.392. The maximum Gasteiger partial charge on any atom is 0.243 e. The smallest absolute Gasteiger partial charge is 0.243 e. The lowest BCUT2D eigenvalue weighted by molar-refractivity contribution is 0.251. The van der Waals surface area contributed by atoms with Gasteiger partial charge in [-0.1, -0.05) is 0 Å². The zero-order chi connectivity index (χ0) is 14.9. The molecule has 5 nitrogen and oxygen atoms in total. The van der Waals surface area contributed by atoms with Crippen LogP contribution in [0.15, 0.2) is 29.2 Å². The van der Waals surface area contributed by atoms with Crippen molar-refractivity contribution in [1.29, 1.82) is 0 Å². The number of anilines is 1. The topological polar surface area (TPSA) is 52.7 Å². The molecule has 1 aromatic rings. The Balaban J connectivity index is 1.72. The van der Waals surface area contributed by atoms with Crippen molar-refractivity contribution in [2.24, 2.45) is 0 Å². The number of hydrogen-bond donors (Lipinski definition) is 1. The first kappa shape index (κ1) is 14.8. The van der Waals surface area contributed by atoms with Crippen molar-refractivity contribution in [2.75, 3.05) is 38.5 Å². The zero-order valence-electron chi connectivity index (χ0n) is 12.5. The van der Waals surface area contributed by atoms with Crippen LogP contribution in [-0.2, 0) is 10.0 Å². The number of likely N-dealkylation sites (tertiary alicyclic amines) is 1. The van der Waals surface area contributed by atoms with Crippen molar-refractivity contribution in [3.63, 3.8) is 0 Å². The van der Waals surface area contributed by atoms with E-state index in [4.69, 9.17) is 0 Å². The summed E-state index contributed by atoms with van der Waals surface area (Å²) >= 11 is 0. The van der Waals surface area contributed by atoms with Gasteiger partial charge in [-0.25, -0.2) is 8.42 Å². The SMILES string of the molecule is CNc1ccc(S(=O)(=O)N2CCC(N3CCCC3)C2)cc1. The van der Waals surface area contributed by atoms with E-state index in [9.17, 15) is 8.42 Å². The molecule has 0 radical (unpaired) electrons. The molecule has 0 aromatic heterocycles. The Labute approximate surface area is 127 Å². The average Bonchev–Trinajstić information content (AvgIpc) is 3.18. The van der Waals surface area contributed by atoms with E-state index in [2.05, 4.69) is 10.2 Å². The van der Waals surface area contributed by atoms with Crippen molar-refractivity contribution < 1.29 is 8.42 Å². The molecule has 1 atom stereocenters. The van der Waals surface area contributed by atoms with Gasteiger partial charge in [0.25, 0.3) is 0 Å². The molecule has 6 heteroatoms. The van der Waals surface area contributed by atoms with E-state index in [1.165, 1.54) is 12.8 Å². The maximum absolute atomic E-state index is 12.7. The highest BCUT2D eigenvalue weighted by atomic mass is 32.2. The van der Waals surface area contributed by atoms with Crippen LogP contribution in [0.1, 0.15) is 19.3 Å². The van der Waals surface area contributed by atoms with Gasteiger partial charge in [-0.05, 0) is 56.6 Å². The van der Waals surface area contributed by atoms with Crippen LogP contribution in [0.2, 0.25) is 0 Å². The van der Waals surface area contributed by atoms with Crippen LogP contribution in [0.3, 0.4) is 0 Å². The van der Waals surface area contributed by atoms with Crippen molar-refractivity contribution in [3.8, 4) is 0 Å². The Morgan fingerprint density at radius 2 is 1.76 bits per heavy atom. The van der Waals surface area contributed by atoms with Crippen LogP contribution >= 0.6 is 0 Å². The molecule has 2 aliphatic heterocycles. The predicted molar refractivity (Wildman–Crippen MR) is 84.0 cm³/mol. The number of nitrogens with one attached hydrogen (secondary N) is 1. The number of rotatable bonds is 4. The summed E-state index contributed by atoms with van der Waals surface area (Å²) in [5.74, 6) is 0. The minimum Gasteiger partial charge on any atom is -0.388 e. The second-order valence-corrected chi connectivity index (χ2v) is 7.76. The third-order valence-electron chi connectivity index (χ3n) is 4.56. The lowest BCUT2D eigenvalue weighted by Crippen LogP contribution is -2.37. The van der Waals surface area contributed by atoms with Crippen LogP contribution in [0, 0.1) is 0 Å². The zero-order valence-corrected chi connectivity index (χ0v) is 13.3. The molecule has 2 fully saturated rings. The van der Waals surface area contributed by atoms with Gasteiger partial charge in [0.05, 0.1) is 4.90 Å². The van der Waals surface area contributed by atoms with Gasteiger partial charge < -0.3 is 5.32 Å². The quantitative estimate of drug-likeness (QED) is 0.917. The Hall–Kier alpha value is -1.11. The lowest BCUT2D eigenvalue weighted by Gasteiger charge is -2.23. The van der Waals surface area contributed by atoms with Crippen molar-refractivity contribution in [3.05, 3.63) is 24.3 Å². The summed E-state index contributed by atoms with van der Waals surface area (Å²) < 4.78 is 27.0. The van der Waals surface area contributed by atoms with E-state index in [0.717, 1.165) is 25.2 Å². The van der Waals surface area contributed by atoms with E-state index in [0.29, 0.717) is 24.0 Å². The summed E-state index contributed by atoms with van der Waals surface area (Å²) in [6.45, 7) is 3.51. The van der Waals surface area contributed by atoms with Crippen LogP contribution in [-0.4, -0.2) is 56.9 Å². The van der Waals surface area contributed by atoms with E-state index in [1.54, 1.807) is 28.6 Å². The first-order valence-corrected chi connectivity index (χ1v) is 9.07. The summed E-state index contributed by atoms with van der Waals surface area (Å²) in [5.41, 5.74) is 0.922. The van der Waals surface area contributed by atoms with Gasteiger partial charge in [0, 0.05) is 31.9 Å². The number of benzene rings is 1. The fourth-order valence-corrected chi connectivity index (χ4v) is 4.77. The van der Waals surface area contributed by atoms with Gasteiger partial charge in [-0.2, -0.15) is 4.31 Å². The van der Waals surface area contributed by atoms with Gasteiger partial charge in [-0.15, -0.1) is 0 Å². The number of sulfonamides is 1. The van der Waals surface area contributed by atoms with Crippen LogP contribution in [0.5, 0.6) is 0 Å². The van der Waals surface area contributed by atoms with E-state index < -0.39 is 10.0 Å². The molecule has 0 amide bonds. The van der Waals surface area contributed by atoms with Gasteiger partial charge in [0.2, 0.25) is 10.0 Å². The van der Waals surface area contributed by atoms with Gasteiger partial charge in [-0.3, -0.25) is 4.90 Å². The highest BCUT2D eigenvalue weighted by Crippen LogP contribution is 2.26. The monoisotopic (exact) mass is 309 g/mol. The third-order valence-corrected chi connectivity index (χ3v) is 6.44. The normalized spacial score (nSPS) is 24.5. The highest BCUT2D eigenvalue weighted by molar-refractivity contribution is 7.89. The summed E-state index contributed by atoms with van der Waals surface area (Å²) in [7, 11) is -1.52. The molecule has 21 heavy (non-hydrogen) atoms. The Morgan fingerprint density at radius 1 is 1.10 bits per heavy atom. The maximum atomic E-state index is 12.7. The first-order chi connectivity index (χ1) is 10.1. The van der Waals surface area contributed by atoms with Crippen molar-refractivity contribution in [1.82, 2.24) is 9.21 Å². The summed E-state index contributed by atoms with van der Waals surface area (Å²) in [6.07, 6.45) is 3.44. The fourth-order valence-electron chi connectivity index (χ4n) is 3.28. The molecule has 0 aliphatic carbocycles. The van der Waals surface area contributed by atoms with Crippen LogP contribution in [0.25, 0.3) is 0 Å². The molecule has 1 aromatic carbocycles. The Morgan fingerprint density at radius 3 is 2.38 bits per heavy atom. The van der Waals surface area contributed by atoms with E-state index >= 15 is 0 Å². The second-order valence-electron chi connectivity index (χ2n) is 5.82. The van der Waals surface area contributed by atoms with Gasteiger partial charge >= 0.3 is 0 Å². The fraction of sp³-hybridized carbons (Fsp3) is 0.600. The van der Waals surface area contributed by atoms with Crippen LogP contribution < -0.4 is 5.32 Å². The molecular weight excluding hydrogens is 286 g/mol. The summed E-state index contributed by atoms with van der Waals surface area (Å²) in [5, 5.41) is 3.00. The molecule has 1 unspecified atom stereocenters. The molecule has 1 N–H and O–H groups in total. The Kier molecular flexibility index (Phi) is 4.19. The molecule has 0 spiro atoms. The van der Waals surface area contributed by atoms with Crippen molar-refractivity contribution >= 4 is 15.7 Å². The standard InChI is InChI=1S/C15H23N3O2S/c1-16-13-4-6-15(7-5-13)21(19,20)18-11-8-14(12-18)17-9-2-3-10-17/h4-7,14,16H,2-3,8-12H2,1H3. The predicted octanol–water partition coefficient (Wildman–Crippen LogP) is 1.59. The van der Waals surface area contributed by atoms with Crippen LogP contribution in [0.4, 0.5) is 5.69 Å². The molecule has 3 rings (SSSR count). The molecule has 2 aliphatic rings. The Bertz CT molecular complexity index is 579. The van der Waals surface area contributed by atoms with Gasteiger partial charge in [0.15, 0.2) is 0 Å². The molecule has 0 bridgehead atoms. The van der Waals surface area contributed by atoms with E-state index in [-0.39, 0.29) is 0 Å².